The molecule has 0 radical (unpaired) electrons. The van der Waals surface area contributed by atoms with Gasteiger partial charge < -0.3 is 14.6 Å². The molecule has 4 nitrogen and oxygen atoms in total. The maximum Gasteiger partial charge on any atom is 0.573 e. The lowest BCUT2D eigenvalue weighted by Crippen LogP contribution is -2.50. The van der Waals surface area contributed by atoms with E-state index < -0.39 is 6.36 Å². The number of benzene rings is 1. The van der Waals surface area contributed by atoms with E-state index in [1.807, 2.05) is 0 Å². The lowest BCUT2D eigenvalue weighted by molar-refractivity contribution is -0.274. The Kier molecular flexibility index (Phi) is 5.03. The average Bonchev–Trinajstić information content (AvgIpc) is 2.50. The van der Waals surface area contributed by atoms with Crippen LogP contribution >= 0.6 is 0 Å². The highest BCUT2D eigenvalue weighted by molar-refractivity contribution is 5.27. The molecule has 1 aromatic carbocycles. The van der Waals surface area contributed by atoms with Gasteiger partial charge in [0.25, 0.3) is 0 Å². The molecule has 0 bridgehead atoms. The third-order valence-electron chi connectivity index (χ3n) is 4.80. The zero-order valence-electron chi connectivity index (χ0n) is 13.4. The molecule has 2 aliphatic heterocycles. The van der Waals surface area contributed by atoms with Gasteiger partial charge in [-0.3, -0.25) is 4.90 Å². The maximum atomic E-state index is 12.2. The number of hydrogen-bond acceptors (Lipinski definition) is 4. The number of likely N-dealkylation sites (tertiary alicyclic amines) is 1. The van der Waals surface area contributed by atoms with Crippen molar-refractivity contribution in [1.82, 2.24) is 4.90 Å². The third kappa shape index (κ3) is 4.62. The molecular weight excluding hydrogens is 323 g/mol. The van der Waals surface area contributed by atoms with Gasteiger partial charge in [0.05, 0.1) is 11.7 Å². The van der Waals surface area contributed by atoms with Crippen LogP contribution in [0.5, 0.6) is 5.75 Å². The Labute approximate surface area is 139 Å². The van der Waals surface area contributed by atoms with Gasteiger partial charge in [-0.05, 0) is 37.0 Å². The van der Waals surface area contributed by atoms with E-state index in [2.05, 4.69) is 9.64 Å². The second kappa shape index (κ2) is 6.90. The van der Waals surface area contributed by atoms with Crippen LogP contribution in [-0.2, 0) is 11.3 Å². The van der Waals surface area contributed by atoms with E-state index in [9.17, 15) is 18.3 Å². The molecule has 1 N–H and O–H groups in total. The quantitative estimate of drug-likeness (QED) is 0.914. The van der Waals surface area contributed by atoms with Crippen molar-refractivity contribution in [3.05, 3.63) is 29.8 Å². The number of piperidine rings is 1. The van der Waals surface area contributed by atoms with Crippen molar-refractivity contribution in [2.45, 2.75) is 50.3 Å². The van der Waals surface area contributed by atoms with Gasteiger partial charge in [-0.15, -0.1) is 13.2 Å². The van der Waals surface area contributed by atoms with Crippen LogP contribution in [0.25, 0.3) is 0 Å². The van der Waals surface area contributed by atoms with Crippen LogP contribution in [0.4, 0.5) is 13.2 Å². The highest BCUT2D eigenvalue weighted by atomic mass is 19.4. The summed E-state index contributed by atoms with van der Waals surface area (Å²) in [5.74, 6) is -0.201. The van der Waals surface area contributed by atoms with Gasteiger partial charge in [-0.25, -0.2) is 0 Å². The molecule has 0 aromatic heterocycles. The number of ether oxygens (including phenoxy) is 2. The molecule has 1 aromatic rings. The zero-order valence-corrected chi connectivity index (χ0v) is 13.4. The zero-order chi connectivity index (χ0) is 17.2. The maximum absolute atomic E-state index is 12.2. The van der Waals surface area contributed by atoms with Crippen LogP contribution in [0.1, 0.15) is 31.2 Å². The topological polar surface area (TPSA) is 41.9 Å². The fraction of sp³-hybridized carbons (Fsp3) is 0.647. The smallest absolute Gasteiger partial charge is 0.406 e. The van der Waals surface area contributed by atoms with E-state index in [1.54, 1.807) is 12.1 Å². The molecule has 1 atom stereocenters. The predicted molar refractivity (Wildman–Crippen MR) is 81.6 cm³/mol. The minimum absolute atomic E-state index is 0.196. The number of halogens is 3. The summed E-state index contributed by atoms with van der Waals surface area (Å²) in [7, 11) is 0. The highest BCUT2D eigenvalue weighted by Gasteiger charge is 2.39. The second-order valence-corrected chi connectivity index (χ2v) is 6.65. The van der Waals surface area contributed by atoms with Crippen molar-refractivity contribution in [1.29, 1.82) is 0 Å². The average molecular weight is 345 g/mol. The van der Waals surface area contributed by atoms with Crippen molar-refractivity contribution in [3.63, 3.8) is 0 Å². The number of aliphatic hydroxyl groups is 1. The molecule has 2 aliphatic rings. The van der Waals surface area contributed by atoms with Crippen molar-refractivity contribution >= 4 is 0 Å². The molecule has 7 heteroatoms. The van der Waals surface area contributed by atoms with E-state index in [-0.39, 0.29) is 17.5 Å². The van der Waals surface area contributed by atoms with E-state index in [4.69, 9.17) is 4.74 Å². The van der Waals surface area contributed by atoms with Gasteiger partial charge in [-0.1, -0.05) is 12.1 Å². The highest BCUT2D eigenvalue weighted by Crippen LogP contribution is 2.35. The number of rotatable bonds is 3. The third-order valence-corrected chi connectivity index (χ3v) is 4.80. The first-order valence-corrected chi connectivity index (χ1v) is 8.23. The van der Waals surface area contributed by atoms with Gasteiger partial charge in [0.1, 0.15) is 5.75 Å². The predicted octanol–water partition coefficient (Wildman–Crippen LogP) is 3.09. The van der Waals surface area contributed by atoms with E-state index >= 15 is 0 Å². The van der Waals surface area contributed by atoms with Crippen LogP contribution in [-0.4, -0.2) is 47.8 Å². The van der Waals surface area contributed by atoms with Crippen molar-refractivity contribution in [3.8, 4) is 5.75 Å². The van der Waals surface area contributed by atoms with Crippen LogP contribution in [0.3, 0.4) is 0 Å². The Morgan fingerprint density at radius 1 is 1.21 bits per heavy atom. The number of alkyl halides is 3. The Bertz CT molecular complexity index is 539. The van der Waals surface area contributed by atoms with E-state index in [1.165, 1.54) is 12.1 Å². The Morgan fingerprint density at radius 2 is 1.88 bits per heavy atom. The Balaban J connectivity index is 1.51. The van der Waals surface area contributed by atoms with Crippen molar-refractivity contribution < 1.29 is 27.8 Å². The lowest BCUT2D eigenvalue weighted by Gasteiger charge is -2.45. The minimum Gasteiger partial charge on any atom is -0.406 e. The molecular formula is C17H22F3NO3. The first-order chi connectivity index (χ1) is 11.3. The molecule has 2 fully saturated rings. The van der Waals surface area contributed by atoms with Gasteiger partial charge in [-0.2, -0.15) is 0 Å². The summed E-state index contributed by atoms with van der Waals surface area (Å²) >= 11 is 0. The summed E-state index contributed by atoms with van der Waals surface area (Å²) in [5, 5.41) is 9.85. The molecule has 134 valence electrons. The summed E-state index contributed by atoms with van der Waals surface area (Å²) in [4.78, 5) is 2.26. The molecule has 2 heterocycles. The molecule has 0 amide bonds. The van der Waals surface area contributed by atoms with E-state index in [0.29, 0.717) is 26.0 Å². The SMILES string of the molecule is OC1CCOC2(CCN(Cc3ccc(OC(F)(F)F)cc3)CC2)C1. The molecule has 24 heavy (non-hydrogen) atoms. The van der Waals surface area contributed by atoms with Crippen molar-refractivity contribution in [2.75, 3.05) is 19.7 Å². The fourth-order valence-electron chi connectivity index (χ4n) is 3.52. The van der Waals surface area contributed by atoms with Gasteiger partial charge >= 0.3 is 6.36 Å². The molecule has 0 aliphatic carbocycles. The van der Waals surface area contributed by atoms with Gasteiger partial charge in [0.15, 0.2) is 0 Å². The van der Waals surface area contributed by atoms with E-state index in [0.717, 1.165) is 31.5 Å². The Hall–Kier alpha value is -1.31. The number of hydrogen-bond donors (Lipinski definition) is 1. The van der Waals surface area contributed by atoms with Crippen LogP contribution in [0.15, 0.2) is 24.3 Å². The first kappa shape index (κ1) is 17.5. The minimum atomic E-state index is -4.66. The molecule has 1 spiro atoms. The molecule has 3 rings (SSSR count). The number of aliphatic hydroxyl groups excluding tert-OH is 1. The summed E-state index contributed by atoms with van der Waals surface area (Å²) in [6, 6.07) is 6.00. The fourth-order valence-corrected chi connectivity index (χ4v) is 3.52. The van der Waals surface area contributed by atoms with Crippen LogP contribution in [0.2, 0.25) is 0 Å². The first-order valence-electron chi connectivity index (χ1n) is 8.23. The standard InChI is InChI=1S/C17H22F3NO3/c18-17(19,20)24-15-3-1-13(2-4-15)12-21-8-6-16(7-9-21)11-14(22)5-10-23-16/h1-4,14,22H,5-12H2. The summed E-state index contributed by atoms with van der Waals surface area (Å²) < 4.78 is 46.3. The largest absolute Gasteiger partial charge is 0.573 e. The normalized spacial score (nSPS) is 24.9. The lowest BCUT2D eigenvalue weighted by atomic mass is 9.83. The van der Waals surface area contributed by atoms with Crippen LogP contribution < -0.4 is 4.74 Å². The van der Waals surface area contributed by atoms with Crippen LogP contribution in [0, 0.1) is 0 Å². The summed E-state index contributed by atoms with van der Waals surface area (Å²) in [5.41, 5.74) is 0.753. The molecule has 1 unspecified atom stereocenters. The Morgan fingerprint density at radius 3 is 2.46 bits per heavy atom. The molecule has 2 saturated heterocycles. The monoisotopic (exact) mass is 345 g/mol. The summed E-state index contributed by atoms with van der Waals surface area (Å²) in [6.45, 7) is 3.01. The van der Waals surface area contributed by atoms with Gasteiger partial charge in [0, 0.05) is 32.7 Å². The number of nitrogens with zero attached hydrogens (tertiary/aromatic N) is 1. The van der Waals surface area contributed by atoms with Crippen molar-refractivity contribution in [2.24, 2.45) is 0 Å². The molecule has 0 saturated carbocycles. The van der Waals surface area contributed by atoms with Gasteiger partial charge in [0.2, 0.25) is 0 Å². The summed E-state index contributed by atoms with van der Waals surface area (Å²) in [6.07, 6.45) is -1.78. The second-order valence-electron chi connectivity index (χ2n) is 6.65.